The monoisotopic (exact) mass is 266 g/mol. The summed E-state index contributed by atoms with van der Waals surface area (Å²) in [5.41, 5.74) is 0. The number of nitrogens with zero attached hydrogens (tertiary/aromatic N) is 1. The van der Waals surface area contributed by atoms with Crippen LogP contribution in [-0.2, 0) is 14.5 Å². The highest BCUT2D eigenvalue weighted by atomic mass is 32.2. The maximum absolute atomic E-state index is 11.8. The molecule has 0 saturated heterocycles. The van der Waals surface area contributed by atoms with Crippen molar-refractivity contribution >= 4 is 10.3 Å². The average Bonchev–Trinajstić information content (AvgIpc) is 2.29. The van der Waals surface area contributed by atoms with Crippen LogP contribution in [-0.4, -0.2) is 21.5 Å². The SMILES string of the molecule is O=S(=O)(OCCCCC(F)F)[n+]1ccccc1. The maximum atomic E-state index is 11.8. The molecule has 17 heavy (non-hydrogen) atoms. The first-order valence-electron chi connectivity index (χ1n) is 5.17. The highest BCUT2D eigenvalue weighted by Crippen LogP contribution is 2.05. The fourth-order valence-corrected chi connectivity index (χ4v) is 2.05. The molecular weight excluding hydrogens is 252 g/mol. The second-order valence-electron chi connectivity index (χ2n) is 3.37. The van der Waals surface area contributed by atoms with Gasteiger partial charge in [0.25, 0.3) is 0 Å². The van der Waals surface area contributed by atoms with Crippen molar-refractivity contribution in [3.05, 3.63) is 30.6 Å². The maximum Gasteiger partial charge on any atom is 0.513 e. The van der Waals surface area contributed by atoms with Crippen molar-refractivity contribution in [3.63, 3.8) is 0 Å². The molecule has 0 aliphatic carbocycles. The van der Waals surface area contributed by atoms with Crippen LogP contribution in [0.2, 0.25) is 0 Å². The third kappa shape index (κ3) is 5.18. The normalized spacial score (nSPS) is 11.9. The molecule has 1 rings (SSSR count). The molecule has 96 valence electrons. The fourth-order valence-electron chi connectivity index (χ4n) is 1.16. The Labute approximate surface area is 99.1 Å². The van der Waals surface area contributed by atoms with E-state index in [2.05, 4.69) is 4.18 Å². The molecule has 0 N–H and O–H groups in total. The van der Waals surface area contributed by atoms with Crippen molar-refractivity contribution in [2.24, 2.45) is 0 Å². The molecule has 0 radical (unpaired) electrons. The zero-order valence-electron chi connectivity index (χ0n) is 9.13. The third-order valence-corrected chi connectivity index (χ3v) is 3.22. The van der Waals surface area contributed by atoms with Crippen molar-refractivity contribution < 1.29 is 25.4 Å². The van der Waals surface area contributed by atoms with Crippen molar-refractivity contribution in [2.45, 2.75) is 25.7 Å². The van der Waals surface area contributed by atoms with Crippen molar-refractivity contribution in [3.8, 4) is 0 Å². The van der Waals surface area contributed by atoms with E-state index < -0.39 is 16.7 Å². The molecular formula is C10H14F2NO3S+. The minimum atomic E-state index is -3.83. The Balaban J connectivity index is 2.36. The Morgan fingerprint density at radius 2 is 1.76 bits per heavy atom. The number of halogens is 2. The standard InChI is InChI=1S/C10H14F2NO3S/c11-10(12)6-2-5-9-16-17(14,15)13-7-3-1-4-8-13/h1,3-4,7-8,10H,2,5-6,9H2/q+1. The lowest BCUT2D eigenvalue weighted by Crippen LogP contribution is -2.43. The molecule has 0 aliphatic rings. The molecule has 0 atom stereocenters. The van der Waals surface area contributed by atoms with E-state index in [9.17, 15) is 17.2 Å². The molecule has 1 aromatic rings. The summed E-state index contributed by atoms with van der Waals surface area (Å²) in [7, 11) is -3.83. The van der Waals surface area contributed by atoms with Gasteiger partial charge in [-0.1, -0.05) is 10.0 Å². The third-order valence-electron chi connectivity index (χ3n) is 2.00. The molecule has 0 bridgehead atoms. The lowest BCUT2D eigenvalue weighted by molar-refractivity contribution is -0.520. The van der Waals surface area contributed by atoms with Gasteiger partial charge in [-0.3, -0.25) is 0 Å². The van der Waals surface area contributed by atoms with Crippen molar-refractivity contribution in [1.82, 2.24) is 0 Å². The summed E-state index contributed by atoms with van der Waals surface area (Å²) in [4.78, 5) is 0. The van der Waals surface area contributed by atoms with Gasteiger partial charge in [0.2, 0.25) is 6.43 Å². The van der Waals surface area contributed by atoms with E-state index in [4.69, 9.17) is 0 Å². The summed E-state index contributed by atoms with van der Waals surface area (Å²) in [6.45, 7) is -0.0864. The van der Waals surface area contributed by atoms with Gasteiger partial charge >= 0.3 is 10.3 Å². The van der Waals surface area contributed by atoms with Crippen LogP contribution in [0.4, 0.5) is 8.78 Å². The molecule has 0 aliphatic heterocycles. The van der Waals surface area contributed by atoms with E-state index in [1.807, 2.05) is 0 Å². The highest BCUT2D eigenvalue weighted by Gasteiger charge is 2.21. The summed E-state index contributed by atoms with van der Waals surface area (Å²) in [5, 5.41) is 0. The summed E-state index contributed by atoms with van der Waals surface area (Å²) in [6.07, 6.45) is 0.629. The van der Waals surface area contributed by atoms with Crippen molar-refractivity contribution in [2.75, 3.05) is 6.61 Å². The molecule has 4 nitrogen and oxygen atoms in total. The number of aromatic nitrogens is 1. The molecule has 0 spiro atoms. The second-order valence-corrected chi connectivity index (χ2v) is 4.88. The predicted octanol–water partition coefficient (Wildman–Crippen LogP) is 1.52. The van der Waals surface area contributed by atoms with E-state index in [-0.39, 0.29) is 25.9 Å². The van der Waals surface area contributed by atoms with Gasteiger partial charge in [-0.25, -0.2) is 13.0 Å². The van der Waals surface area contributed by atoms with Crippen LogP contribution < -0.4 is 3.97 Å². The van der Waals surface area contributed by atoms with E-state index in [0.717, 1.165) is 3.97 Å². The largest absolute Gasteiger partial charge is 0.513 e. The molecule has 7 heteroatoms. The van der Waals surface area contributed by atoms with Crippen LogP contribution in [0.5, 0.6) is 0 Å². The topological polar surface area (TPSA) is 47.3 Å². The summed E-state index contributed by atoms with van der Waals surface area (Å²) >= 11 is 0. The number of hydrogen-bond acceptors (Lipinski definition) is 3. The van der Waals surface area contributed by atoms with Crippen LogP contribution in [0, 0.1) is 0 Å². The fraction of sp³-hybridized carbons (Fsp3) is 0.500. The minimum absolute atomic E-state index is 0.0864. The van der Waals surface area contributed by atoms with Crippen LogP contribution >= 0.6 is 0 Å². The smallest absolute Gasteiger partial charge is 0.218 e. The molecule has 0 unspecified atom stereocenters. The van der Waals surface area contributed by atoms with Gasteiger partial charge in [0, 0.05) is 18.6 Å². The van der Waals surface area contributed by atoms with Crippen LogP contribution in [0.3, 0.4) is 0 Å². The average molecular weight is 266 g/mol. The zero-order valence-corrected chi connectivity index (χ0v) is 9.95. The molecule has 0 saturated carbocycles. The van der Waals surface area contributed by atoms with E-state index in [0.29, 0.717) is 0 Å². The molecule has 1 heterocycles. The highest BCUT2D eigenvalue weighted by molar-refractivity contribution is 7.80. The summed E-state index contributed by atoms with van der Waals surface area (Å²) in [5.74, 6) is 0. The van der Waals surface area contributed by atoms with Crippen molar-refractivity contribution in [1.29, 1.82) is 0 Å². The van der Waals surface area contributed by atoms with Crippen LogP contribution in [0.1, 0.15) is 19.3 Å². The van der Waals surface area contributed by atoms with Gasteiger partial charge in [0.15, 0.2) is 12.4 Å². The number of hydrogen-bond donors (Lipinski definition) is 0. The quantitative estimate of drug-likeness (QED) is 0.555. The van der Waals surface area contributed by atoms with Gasteiger partial charge in [-0.05, 0) is 12.8 Å². The summed E-state index contributed by atoms with van der Waals surface area (Å²) < 4.78 is 52.3. The van der Waals surface area contributed by atoms with Gasteiger partial charge in [0.1, 0.15) is 0 Å². The minimum Gasteiger partial charge on any atom is -0.218 e. The summed E-state index contributed by atoms with van der Waals surface area (Å²) in [6, 6.07) is 4.78. The lowest BCUT2D eigenvalue weighted by atomic mass is 10.2. The second kappa shape index (κ2) is 6.61. The Hall–Kier alpha value is -1.08. The number of alkyl halides is 2. The first-order valence-corrected chi connectivity index (χ1v) is 6.53. The number of rotatable bonds is 7. The van der Waals surface area contributed by atoms with Gasteiger partial charge < -0.3 is 0 Å². The van der Waals surface area contributed by atoms with Crippen LogP contribution in [0.15, 0.2) is 30.6 Å². The Kier molecular flexibility index (Phi) is 5.43. The van der Waals surface area contributed by atoms with E-state index in [1.165, 1.54) is 12.4 Å². The number of pyridine rings is 1. The lowest BCUT2D eigenvalue weighted by Gasteiger charge is -2.00. The molecule has 0 amide bonds. The Bertz CT molecular complexity index is 422. The van der Waals surface area contributed by atoms with Crippen LogP contribution in [0.25, 0.3) is 0 Å². The van der Waals surface area contributed by atoms with Gasteiger partial charge in [0.05, 0.1) is 6.61 Å². The van der Waals surface area contributed by atoms with Gasteiger partial charge in [-0.2, -0.15) is 0 Å². The van der Waals surface area contributed by atoms with Gasteiger partial charge in [-0.15, -0.1) is 8.42 Å². The molecule has 1 aromatic heterocycles. The first-order chi connectivity index (χ1) is 8.02. The Morgan fingerprint density at radius 1 is 1.12 bits per heavy atom. The Morgan fingerprint density at radius 3 is 2.35 bits per heavy atom. The van der Waals surface area contributed by atoms with E-state index >= 15 is 0 Å². The zero-order chi connectivity index (χ0) is 12.7. The molecule has 0 aromatic carbocycles. The molecule has 0 fully saturated rings. The van der Waals surface area contributed by atoms with E-state index in [1.54, 1.807) is 18.2 Å². The predicted molar refractivity (Wildman–Crippen MR) is 56.8 cm³/mol. The number of unbranched alkanes of at least 4 members (excludes halogenated alkanes) is 1. The first kappa shape index (κ1) is 14.0.